The lowest BCUT2D eigenvalue weighted by Crippen LogP contribution is -2.37. The minimum atomic E-state index is 0.610. The number of benzene rings is 2. The summed E-state index contributed by atoms with van der Waals surface area (Å²) in [6, 6.07) is 15.8. The highest BCUT2D eigenvalue weighted by atomic mass is 15.2. The van der Waals surface area contributed by atoms with Gasteiger partial charge in [0.15, 0.2) is 0 Å². The number of fused-ring (bicyclic) bond motifs is 2. The quantitative estimate of drug-likeness (QED) is 0.469. The van der Waals surface area contributed by atoms with Crippen LogP contribution in [-0.4, -0.2) is 35.0 Å². The molecule has 4 rings (SSSR count). The van der Waals surface area contributed by atoms with E-state index < -0.39 is 0 Å². The Balaban J connectivity index is 1.33. The van der Waals surface area contributed by atoms with Crippen molar-refractivity contribution in [3.63, 3.8) is 0 Å². The van der Waals surface area contributed by atoms with Crippen molar-refractivity contribution in [1.29, 1.82) is 0 Å². The summed E-state index contributed by atoms with van der Waals surface area (Å²) < 4.78 is 0. The van der Waals surface area contributed by atoms with Crippen molar-refractivity contribution in [3.8, 4) is 0 Å². The van der Waals surface area contributed by atoms with Crippen molar-refractivity contribution in [2.75, 3.05) is 13.1 Å². The van der Waals surface area contributed by atoms with Gasteiger partial charge in [-0.2, -0.15) is 0 Å². The first-order valence-electron chi connectivity index (χ1n) is 13.0. The maximum absolute atomic E-state index is 2.71. The number of rotatable bonds is 7. The predicted molar refractivity (Wildman–Crippen MR) is 137 cm³/mol. The molecule has 2 heterocycles. The number of hydrogen-bond acceptors (Lipinski definition) is 2. The lowest BCUT2D eigenvalue weighted by Gasteiger charge is -2.35. The molecule has 0 N–H and O–H groups in total. The van der Waals surface area contributed by atoms with Crippen molar-refractivity contribution < 1.29 is 0 Å². The lowest BCUT2D eigenvalue weighted by molar-refractivity contribution is 0.178. The first-order chi connectivity index (χ1) is 15.3. The molecule has 0 spiro atoms. The third kappa shape index (κ3) is 5.29. The summed E-state index contributed by atoms with van der Waals surface area (Å²) in [5.41, 5.74) is 9.29. The Morgan fingerprint density at radius 2 is 1.28 bits per heavy atom. The zero-order chi connectivity index (χ0) is 22.8. The molecule has 2 atom stereocenters. The molecular formula is C30H44N2. The largest absolute Gasteiger partial charge is 0.296 e. The highest BCUT2D eigenvalue weighted by Crippen LogP contribution is 2.30. The first-order valence-corrected chi connectivity index (χ1v) is 13.0. The molecular weight excluding hydrogens is 388 g/mol. The van der Waals surface area contributed by atoms with Gasteiger partial charge in [0.2, 0.25) is 0 Å². The summed E-state index contributed by atoms with van der Waals surface area (Å²) in [5.74, 6) is 1.24. The van der Waals surface area contributed by atoms with Crippen LogP contribution in [0.2, 0.25) is 0 Å². The van der Waals surface area contributed by atoms with Crippen LogP contribution in [0.3, 0.4) is 0 Å². The molecule has 0 amide bonds. The smallest absolute Gasteiger partial charge is 0.0239 e. The van der Waals surface area contributed by atoms with E-state index in [0.29, 0.717) is 23.9 Å². The van der Waals surface area contributed by atoms with E-state index in [1.807, 2.05) is 0 Å². The van der Waals surface area contributed by atoms with Crippen LogP contribution in [0.25, 0.3) is 0 Å². The molecule has 2 aliphatic heterocycles. The fourth-order valence-corrected chi connectivity index (χ4v) is 5.52. The van der Waals surface area contributed by atoms with Gasteiger partial charge in [0.05, 0.1) is 0 Å². The van der Waals surface area contributed by atoms with Gasteiger partial charge >= 0.3 is 0 Å². The van der Waals surface area contributed by atoms with E-state index in [2.05, 4.69) is 87.7 Å². The normalized spacial score (nSPS) is 19.1. The van der Waals surface area contributed by atoms with Crippen molar-refractivity contribution >= 4 is 0 Å². The second-order valence-electron chi connectivity index (χ2n) is 11.1. The minimum absolute atomic E-state index is 0.610. The molecule has 0 radical (unpaired) electrons. The molecule has 0 fully saturated rings. The molecule has 2 aliphatic rings. The zero-order valence-electron chi connectivity index (χ0n) is 21.3. The lowest BCUT2D eigenvalue weighted by atomic mass is 9.88. The Morgan fingerprint density at radius 3 is 2.03 bits per heavy atom. The molecule has 0 aliphatic carbocycles. The molecule has 0 saturated heterocycles. The van der Waals surface area contributed by atoms with Crippen LogP contribution < -0.4 is 0 Å². The average molecular weight is 433 g/mol. The molecule has 0 saturated carbocycles. The third-order valence-electron chi connectivity index (χ3n) is 8.15. The maximum atomic E-state index is 2.71. The predicted octanol–water partition coefficient (Wildman–Crippen LogP) is 6.91. The summed E-state index contributed by atoms with van der Waals surface area (Å²) in [6.45, 7) is 18.7. The van der Waals surface area contributed by atoms with E-state index >= 15 is 0 Å². The Labute approximate surface area is 197 Å². The highest BCUT2D eigenvalue weighted by Gasteiger charge is 2.23. The zero-order valence-corrected chi connectivity index (χ0v) is 21.3. The van der Waals surface area contributed by atoms with Crippen molar-refractivity contribution in [2.24, 2.45) is 0 Å². The van der Waals surface area contributed by atoms with E-state index in [1.54, 1.807) is 27.8 Å². The topological polar surface area (TPSA) is 6.48 Å². The van der Waals surface area contributed by atoms with Gasteiger partial charge in [0, 0.05) is 38.3 Å². The van der Waals surface area contributed by atoms with Crippen LogP contribution in [-0.2, 0) is 25.9 Å². The van der Waals surface area contributed by atoms with Crippen LogP contribution in [0.1, 0.15) is 99.6 Å². The van der Waals surface area contributed by atoms with E-state index in [9.17, 15) is 0 Å². The molecule has 0 aromatic heterocycles. The summed E-state index contributed by atoms with van der Waals surface area (Å²) in [5, 5.41) is 0. The van der Waals surface area contributed by atoms with Crippen molar-refractivity contribution in [3.05, 3.63) is 69.8 Å². The number of hydrogen-bond donors (Lipinski definition) is 0. The van der Waals surface area contributed by atoms with Gasteiger partial charge in [-0.05, 0) is 91.7 Å². The molecule has 2 unspecified atom stereocenters. The monoisotopic (exact) mass is 432 g/mol. The third-order valence-corrected chi connectivity index (χ3v) is 8.15. The van der Waals surface area contributed by atoms with Gasteiger partial charge in [-0.25, -0.2) is 0 Å². The summed E-state index contributed by atoms with van der Waals surface area (Å²) in [6.07, 6.45) is 4.95. The number of nitrogens with zero attached hydrogens (tertiary/aromatic N) is 2. The maximum Gasteiger partial charge on any atom is 0.0239 e. The van der Waals surface area contributed by atoms with Gasteiger partial charge in [-0.1, -0.05) is 57.2 Å². The Kier molecular flexibility index (Phi) is 7.42. The molecule has 2 aromatic rings. The summed E-state index contributed by atoms with van der Waals surface area (Å²) >= 11 is 0. The second kappa shape index (κ2) is 10.1. The summed E-state index contributed by atoms with van der Waals surface area (Å²) in [4.78, 5) is 5.31. The molecule has 174 valence electrons. The molecule has 2 aromatic carbocycles. The Bertz CT molecular complexity index is 913. The van der Waals surface area contributed by atoms with Gasteiger partial charge in [0.25, 0.3) is 0 Å². The summed E-state index contributed by atoms with van der Waals surface area (Å²) in [7, 11) is 0. The van der Waals surface area contributed by atoms with Gasteiger partial charge < -0.3 is 0 Å². The first kappa shape index (κ1) is 23.5. The van der Waals surface area contributed by atoms with E-state index in [0.717, 1.165) is 13.1 Å². The van der Waals surface area contributed by atoms with Gasteiger partial charge in [-0.15, -0.1) is 0 Å². The van der Waals surface area contributed by atoms with Crippen LogP contribution in [0.15, 0.2) is 36.4 Å². The highest BCUT2D eigenvalue weighted by molar-refractivity contribution is 5.36. The Hall–Kier alpha value is -1.64. The molecule has 2 heteroatoms. The van der Waals surface area contributed by atoms with Crippen LogP contribution in [0.5, 0.6) is 0 Å². The van der Waals surface area contributed by atoms with Gasteiger partial charge in [-0.3, -0.25) is 9.80 Å². The fraction of sp³-hybridized carbons (Fsp3) is 0.600. The van der Waals surface area contributed by atoms with E-state index in [-0.39, 0.29) is 0 Å². The Morgan fingerprint density at radius 1 is 0.656 bits per heavy atom. The van der Waals surface area contributed by atoms with Crippen LogP contribution >= 0.6 is 0 Å². The van der Waals surface area contributed by atoms with Crippen molar-refractivity contribution in [2.45, 2.75) is 104 Å². The fourth-order valence-electron chi connectivity index (χ4n) is 5.52. The average Bonchev–Trinajstić information content (AvgIpc) is 2.80. The SMILES string of the molecule is CC(C)c1ccc2c(c1)CN(C(C)CCC(C)c1ccc3c(c1)CCN(C(C)C)C3)CC2. The van der Waals surface area contributed by atoms with E-state index in [4.69, 9.17) is 0 Å². The van der Waals surface area contributed by atoms with E-state index in [1.165, 1.54) is 44.3 Å². The van der Waals surface area contributed by atoms with Crippen LogP contribution in [0.4, 0.5) is 0 Å². The molecule has 32 heavy (non-hydrogen) atoms. The van der Waals surface area contributed by atoms with Gasteiger partial charge in [0.1, 0.15) is 0 Å². The molecule has 0 bridgehead atoms. The minimum Gasteiger partial charge on any atom is -0.296 e. The van der Waals surface area contributed by atoms with Crippen LogP contribution in [0, 0.1) is 0 Å². The van der Waals surface area contributed by atoms with Crippen molar-refractivity contribution in [1.82, 2.24) is 9.80 Å². The second-order valence-corrected chi connectivity index (χ2v) is 11.1. The standard InChI is InChI=1S/C30H44N2/c1-21(2)26-10-9-25-13-16-32(20-30(25)17-26)24(6)8-7-23(5)27-11-12-29-19-31(22(3)4)15-14-28(29)18-27/h9-12,17-18,21-24H,7-8,13-16,19-20H2,1-6H3. The molecule has 2 nitrogen and oxygen atoms in total.